The van der Waals surface area contributed by atoms with Crippen LogP contribution in [0.25, 0.3) is 0 Å². The number of benzene rings is 1. The molecule has 3 rings (SSSR count). The van der Waals surface area contributed by atoms with Gasteiger partial charge in [0.05, 0.1) is 37.0 Å². The quantitative estimate of drug-likeness (QED) is 0.913. The van der Waals surface area contributed by atoms with Crippen LogP contribution in [0.2, 0.25) is 0 Å². The third kappa shape index (κ3) is 3.17. The fraction of sp³-hybridized carbons (Fsp3) is 0.600. The lowest BCUT2D eigenvalue weighted by Crippen LogP contribution is -2.44. The van der Waals surface area contributed by atoms with Crippen LogP contribution in [0.4, 0.5) is 0 Å². The molecular formula is C15H20BrNO3. The smallest absolute Gasteiger partial charge is 0.133 e. The minimum Gasteiger partial charge on any atom is -0.492 e. The fourth-order valence-electron chi connectivity index (χ4n) is 2.40. The molecule has 110 valence electrons. The van der Waals surface area contributed by atoms with E-state index >= 15 is 0 Å². The van der Waals surface area contributed by atoms with Crippen LogP contribution < -0.4 is 10.1 Å². The van der Waals surface area contributed by atoms with Crippen molar-refractivity contribution in [2.45, 2.75) is 13.0 Å². The zero-order chi connectivity index (χ0) is 14.0. The van der Waals surface area contributed by atoms with Crippen LogP contribution in [0, 0.1) is 5.41 Å². The number of hydrogen-bond donors (Lipinski definition) is 1. The van der Waals surface area contributed by atoms with Crippen molar-refractivity contribution in [2.75, 3.05) is 39.5 Å². The van der Waals surface area contributed by atoms with E-state index in [9.17, 15) is 0 Å². The van der Waals surface area contributed by atoms with Crippen LogP contribution in [-0.2, 0) is 9.47 Å². The van der Waals surface area contributed by atoms with Crippen LogP contribution in [0.3, 0.4) is 0 Å². The van der Waals surface area contributed by atoms with Gasteiger partial charge in [-0.2, -0.15) is 0 Å². The number of nitrogens with one attached hydrogen (secondary N) is 1. The van der Waals surface area contributed by atoms with Gasteiger partial charge in [0, 0.05) is 18.5 Å². The highest BCUT2D eigenvalue weighted by Gasteiger charge is 2.34. The maximum Gasteiger partial charge on any atom is 0.133 e. The first-order valence-corrected chi connectivity index (χ1v) is 7.78. The first-order chi connectivity index (χ1) is 9.66. The minimum atomic E-state index is 0.131. The molecule has 0 bridgehead atoms. The topological polar surface area (TPSA) is 39.7 Å². The van der Waals surface area contributed by atoms with E-state index < -0.39 is 0 Å². The van der Waals surface area contributed by atoms with Crippen LogP contribution in [0.1, 0.15) is 18.6 Å². The number of rotatable bonds is 4. The SMILES string of the molecule is CC1(COc2ccc(C3CNCCO3)cc2Br)COC1. The van der Waals surface area contributed by atoms with Crippen molar-refractivity contribution in [1.82, 2.24) is 5.32 Å². The van der Waals surface area contributed by atoms with E-state index in [-0.39, 0.29) is 11.5 Å². The van der Waals surface area contributed by atoms with Gasteiger partial charge in [-0.05, 0) is 33.6 Å². The lowest BCUT2D eigenvalue weighted by Gasteiger charge is -2.37. The molecule has 1 atom stereocenters. The summed E-state index contributed by atoms with van der Waals surface area (Å²) in [4.78, 5) is 0. The molecule has 1 N–H and O–H groups in total. The normalized spacial score (nSPS) is 25.0. The van der Waals surface area contributed by atoms with Gasteiger partial charge < -0.3 is 19.5 Å². The molecular weight excluding hydrogens is 322 g/mol. The molecule has 1 aromatic rings. The van der Waals surface area contributed by atoms with Crippen molar-refractivity contribution >= 4 is 15.9 Å². The van der Waals surface area contributed by atoms with E-state index in [1.54, 1.807) is 0 Å². The summed E-state index contributed by atoms with van der Waals surface area (Å²) in [5, 5.41) is 3.34. The third-order valence-electron chi connectivity index (χ3n) is 3.73. The summed E-state index contributed by atoms with van der Waals surface area (Å²) in [5.74, 6) is 0.880. The Bertz CT molecular complexity index is 470. The average molecular weight is 342 g/mol. The molecule has 0 radical (unpaired) electrons. The van der Waals surface area contributed by atoms with Crippen molar-refractivity contribution < 1.29 is 14.2 Å². The summed E-state index contributed by atoms with van der Waals surface area (Å²) in [6.07, 6.45) is 0.131. The van der Waals surface area contributed by atoms with Crippen LogP contribution >= 0.6 is 15.9 Å². The maximum absolute atomic E-state index is 5.90. The van der Waals surface area contributed by atoms with E-state index in [0.717, 1.165) is 43.1 Å². The Balaban J connectivity index is 1.64. The Kier molecular flexibility index (Phi) is 4.31. The molecule has 2 aliphatic heterocycles. The molecule has 20 heavy (non-hydrogen) atoms. The average Bonchev–Trinajstić information content (AvgIpc) is 2.45. The molecule has 1 unspecified atom stereocenters. The standard InChI is InChI=1S/C15H20BrNO3/c1-15(8-18-9-15)10-20-13-3-2-11(6-12(13)16)14-7-17-4-5-19-14/h2-3,6,14,17H,4-5,7-10H2,1H3. The molecule has 2 fully saturated rings. The van der Waals surface area contributed by atoms with Gasteiger partial charge in [-0.3, -0.25) is 0 Å². The highest BCUT2D eigenvalue weighted by molar-refractivity contribution is 9.10. The lowest BCUT2D eigenvalue weighted by molar-refractivity contribution is -0.120. The van der Waals surface area contributed by atoms with Gasteiger partial charge in [-0.1, -0.05) is 13.0 Å². The van der Waals surface area contributed by atoms with Gasteiger partial charge in [0.15, 0.2) is 0 Å². The zero-order valence-corrected chi connectivity index (χ0v) is 13.2. The largest absolute Gasteiger partial charge is 0.492 e. The van der Waals surface area contributed by atoms with Gasteiger partial charge in [0.2, 0.25) is 0 Å². The summed E-state index contributed by atoms with van der Waals surface area (Å²) in [6.45, 7) is 6.99. The van der Waals surface area contributed by atoms with E-state index in [2.05, 4.69) is 40.3 Å². The van der Waals surface area contributed by atoms with Gasteiger partial charge in [-0.25, -0.2) is 0 Å². The molecule has 1 aromatic carbocycles. The molecule has 4 nitrogen and oxygen atoms in total. The summed E-state index contributed by atoms with van der Waals surface area (Å²) < 4.78 is 17.9. The Hall–Kier alpha value is -0.620. The van der Waals surface area contributed by atoms with Crippen LogP contribution in [0.5, 0.6) is 5.75 Å². The van der Waals surface area contributed by atoms with Gasteiger partial charge in [0.25, 0.3) is 0 Å². The van der Waals surface area contributed by atoms with Crippen molar-refractivity contribution in [3.8, 4) is 5.75 Å². The highest BCUT2D eigenvalue weighted by Crippen LogP contribution is 2.33. The molecule has 0 amide bonds. The Labute approximate surface area is 127 Å². The summed E-state index contributed by atoms with van der Waals surface area (Å²) in [7, 11) is 0. The second kappa shape index (κ2) is 6.02. The summed E-state index contributed by atoms with van der Waals surface area (Å²) in [6, 6.07) is 6.18. The summed E-state index contributed by atoms with van der Waals surface area (Å²) in [5.41, 5.74) is 1.34. The Morgan fingerprint density at radius 1 is 1.45 bits per heavy atom. The van der Waals surface area contributed by atoms with Gasteiger partial charge >= 0.3 is 0 Å². The Morgan fingerprint density at radius 3 is 2.90 bits per heavy atom. The van der Waals surface area contributed by atoms with Gasteiger partial charge in [0.1, 0.15) is 5.75 Å². The van der Waals surface area contributed by atoms with Crippen molar-refractivity contribution in [2.24, 2.45) is 5.41 Å². The second-order valence-corrected chi connectivity index (χ2v) is 6.70. The minimum absolute atomic E-state index is 0.131. The number of morpholine rings is 1. The first-order valence-electron chi connectivity index (χ1n) is 6.99. The molecule has 0 aromatic heterocycles. The molecule has 2 saturated heterocycles. The van der Waals surface area contributed by atoms with E-state index in [0.29, 0.717) is 6.61 Å². The number of halogens is 1. The molecule has 0 spiro atoms. The number of ether oxygens (including phenoxy) is 3. The van der Waals surface area contributed by atoms with E-state index in [1.165, 1.54) is 5.56 Å². The predicted octanol–water partition coefficient (Wildman–Crippen LogP) is 2.53. The van der Waals surface area contributed by atoms with Gasteiger partial charge in [-0.15, -0.1) is 0 Å². The van der Waals surface area contributed by atoms with Crippen molar-refractivity contribution in [3.05, 3.63) is 28.2 Å². The molecule has 2 aliphatic rings. The van der Waals surface area contributed by atoms with E-state index in [1.807, 2.05) is 6.07 Å². The molecule has 2 heterocycles. The molecule has 0 saturated carbocycles. The monoisotopic (exact) mass is 341 g/mol. The second-order valence-electron chi connectivity index (χ2n) is 5.85. The number of hydrogen-bond acceptors (Lipinski definition) is 4. The zero-order valence-electron chi connectivity index (χ0n) is 11.7. The molecule has 5 heteroatoms. The van der Waals surface area contributed by atoms with E-state index in [4.69, 9.17) is 14.2 Å². The lowest BCUT2D eigenvalue weighted by atomic mass is 9.90. The van der Waals surface area contributed by atoms with Crippen LogP contribution in [0.15, 0.2) is 22.7 Å². The van der Waals surface area contributed by atoms with Crippen molar-refractivity contribution in [3.63, 3.8) is 0 Å². The molecule has 0 aliphatic carbocycles. The highest BCUT2D eigenvalue weighted by atomic mass is 79.9. The predicted molar refractivity (Wildman–Crippen MR) is 80.1 cm³/mol. The third-order valence-corrected chi connectivity index (χ3v) is 4.35. The van der Waals surface area contributed by atoms with Crippen molar-refractivity contribution in [1.29, 1.82) is 0 Å². The van der Waals surface area contributed by atoms with Crippen LogP contribution in [-0.4, -0.2) is 39.5 Å². The maximum atomic E-state index is 5.90. The fourth-order valence-corrected chi connectivity index (χ4v) is 2.91. The first kappa shape index (κ1) is 14.3. The Morgan fingerprint density at radius 2 is 2.30 bits per heavy atom. The summed E-state index contributed by atoms with van der Waals surface area (Å²) >= 11 is 3.59.